The third-order valence-electron chi connectivity index (χ3n) is 4.75. The number of hydrogen-bond donors (Lipinski definition) is 1. The summed E-state index contributed by atoms with van der Waals surface area (Å²) >= 11 is 0.957. The first-order chi connectivity index (χ1) is 15.4. The molecular weight excluding hydrogens is 462 g/mol. The molecule has 33 heavy (non-hydrogen) atoms. The van der Waals surface area contributed by atoms with Gasteiger partial charge in [0.15, 0.2) is 0 Å². The normalized spacial score (nSPS) is 11.6. The van der Waals surface area contributed by atoms with E-state index in [9.17, 15) is 23.3 Å². The van der Waals surface area contributed by atoms with Crippen LogP contribution in [-0.2, 0) is 14.8 Å². The van der Waals surface area contributed by atoms with Gasteiger partial charge in [-0.05, 0) is 48.6 Å². The Labute approximate surface area is 199 Å². The number of nitrogens with one attached hydrogen (secondary N) is 1. The van der Waals surface area contributed by atoms with Crippen molar-refractivity contribution < 1.29 is 22.7 Å². The minimum atomic E-state index is -3.71. The fraction of sp³-hybridized carbons (Fsp3) is 0.435. The van der Waals surface area contributed by atoms with Crippen molar-refractivity contribution in [3.63, 3.8) is 0 Å². The van der Waals surface area contributed by atoms with Crippen LogP contribution in [-0.4, -0.2) is 44.8 Å². The zero-order chi connectivity index (χ0) is 24.9. The number of nitriles is 1. The SMILES string of the molecule is COC(=O)c1sc(NC(=O)c2ccc(S(=O)(=O)N(CC(C)C)CC(C)C)cc2)c(C#N)c1C. The van der Waals surface area contributed by atoms with E-state index in [0.29, 0.717) is 18.7 Å². The van der Waals surface area contributed by atoms with Crippen molar-refractivity contribution in [2.24, 2.45) is 11.8 Å². The molecule has 0 aliphatic rings. The average molecular weight is 492 g/mol. The highest BCUT2D eigenvalue weighted by Crippen LogP contribution is 2.33. The van der Waals surface area contributed by atoms with E-state index < -0.39 is 21.9 Å². The molecule has 1 N–H and O–H groups in total. The summed E-state index contributed by atoms with van der Waals surface area (Å²) < 4.78 is 32.5. The molecule has 1 aromatic heterocycles. The molecule has 0 atom stereocenters. The lowest BCUT2D eigenvalue weighted by Gasteiger charge is -2.25. The fourth-order valence-corrected chi connectivity index (χ4v) is 6.05. The number of ether oxygens (including phenoxy) is 1. The minimum Gasteiger partial charge on any atom is -0.465 e. The minimum absolute atomic E-state index is 0.109. The van der Waals surface area contributed by atoms with Gasteiger partial charge in [0, 0.05) is 18.7 Å². The number of amides is 1. The van der Waals surface area contributed by atoms with Crippen LogP contribution in [0.1, 0.15) is 58.9 Å². The van der Waals surface area contributed by atoms with Crippen LogP contribution in [0.2, 0.25) is 0 Å². The Balaban J connectivity index is 2.29. The van der Waals surface area contributed by atoms with E-state index in [0.717, 1.165) is 11.3 Å². The fourth-order valence-electron chi connectivity index (χ4n) is 3.21. The van der Waals surface area contributed by atoms with Gasteiger partial charge >= 0.3 is 5.97 Å². The Morgan fingerprint density at radius 2 is 1.67 bits per heavy atom. The van der Waals surface area contributed by atoms with Crippen molar-refractivity contribution in [1.82, 2.24) is 4.31 Å². The van der Waals surface area contributed by atoms with E-state index in [1.165, 1.54) is 35.7 Å². The van der Waals surface area contributed by atoms with Crippen molar-refractivity contribution in [1.29, 1.82) is 5.26 Å². The molecule has 0 bridgehead atoms. The van der Waals surface area contributed by atoms with Crippen LogP contribution in [0.15, 0.2) is 29.2 Å². The standard InChI is InChI=1S/C23H29N3O5S2/c1-14(2)12-26(13-15(3)4)33(29,30)18-9-7-17(8-10-18)21(27)25-22-19(11-24)16(5)20(32-22)23(28)31-6/h7-10,14-15H,12-13H2,1-6H3,(H,25,27). The van der Waals surface area contributed by atoms with E-state index in [2.05, 4.69) is 5.32 Å². The van der Waals surface area contributed by atoms with Gasteiger partial charge in [-0.15, -0.1) is 11.3 Å². The number of methoxy groups -OCH3 is 1. The van der Waals surface area contributed by atoms with Crippen molar-refractivity contribution in [3.05, 3.63) is 45.8 Å². The van der Waals surface area contributed by atoms with E-state index in [1.807, 2.05) is 33.8 Å². The molecule has 8 nitrogen and oxygen atoms in total. The summed E-state index contributed by atoms with van der Waals surface area (Å²) in [7, 11) is -2.47. The molecule has 2 rings (SSSR count). The monoisotopic (exact) mass is 491 g/mol. The molecule has 0 saturated heterocycles. The summed E-state index contributed by atoms with van der Waals surface area (Å²) in [5.41, 5.74) is 0.843. The lowest BCUT2D eigenvalue weighted by molar-refractivity contribution is 0.0605. The first-order valence-electron chi connectivity index (χ1n) is 10.5. The molecule has 0 radical (unpaired) electrons. The number of carbonyl (C=O) groups is 2. The van der Waals surface area contributed by atoms with Crippen molar-refractivity contribution in [2.75, 3.05) is 25.5 Å². The van der Waals surface area contributed by atoms with Crippen LogP contribution < -0.4 is 5.32 Å². The van der Waals surface area contributed by atoms with Gasteiger partial charge in [0.25, 0.3) is 5.91 Å². The first kappa shape index (κ1) is 26.5. The first-order valence-corrected chi connectivity index (χ1v) is 12.7. The number of rotatable bonds is 9. The Morgan fingerprint density at radius 1 is 1.12 bits per heavy atom. The molecule has 1 amide bonds. The Bertz CT molecular complexity index is 1150. The topological polar surface area (TPSA) is 117 Å². The second-order valence-electron chi connectivity index (χ2n) is 8.45. The van der Waals surface area contributed by atoms with Gasteiger partial charge in [0.2, 0.25) is 10.0 Å². The van der Waals surface area contributed by atoms with Gasteiger partial charge in [-0.2, -0.15) is 9.57 Å². The largest absolute Gasteiger partial charge is 0.465 e. The average Bonchev–Trinajstić information content (AvgIpc) is 3.06. The smallest absolute Gasteiger partial charge is 0.348 e. The van der Waals surface area contributed by atoms with Gasteiger partial charge in [0.1, 0.15) is 15.9 Å². The summed E-state index contributed by atoms with van der Waals surface area (Å²) in [4.78, 5) is 25.0. The van der Waals surface area contributed by atoms with Crippen LogP contribution in [0.25, 0.3) is 0 Å². The Morgan fingerprint density at radius 3 is 2.12 bits per heavy atom. The van der Waals surface area contributed by atoms with Crippen LogP contribution >= 0.6 is 11.3 Å². The molecule has 1 aromatic carbocycles. The van der Waals surface area contributed by atoms with Crippen LogP contribution in [0, 0.1) is 30.1 Å². The number of nitrogens with zero attached hydrogens (tertiary/aromatic N) is 2. The number of hydrogen-bond acceptors (Lipinski definition) is 7. The third kappa shape index (κ3) is 6.19. The van der Waals surface area contributed by atoms with E-state index in [4.69, 9.17) is 4.74 Å². The van der Waals surface area contributed by atoms with Crippen molar-refractivity contribution >= 4 is 38.2 Å². The molecule has 0 aliphatic carbocycles. The number of esters is 1. The van der Waals surface area contributed by atoms with E-state index >= 15 is 0 Å². The summed E-state index contributed by atoms with van der Waals surface area (Å²) in [6.45, 7) is 10.3. The molecule has 2 aromatic rings. The maximum absolute atomic E-state index is 13.1. The highest BCUT2D eigenvalue weighted by molar-refractivity contribution is 7.89. The quantitative estimate of drug-likeness (QED) is 0.524. The van der Waals surface area contributed by atoms with E-state index in [1.54, 1.807) is 6.92 Å². The maximum atomic E-state index is 13.1. The summed E-state index contributed by atoms with van der Waals surface area (Å²) in [5.74, 6) is -0.769. The zero-order valence-corrected chi connectivity index (χ0v) is 21.3. The summed E-state index contributed by atoms with van der Waals surface area (Å²) in [5, 5.41) is 12.3. The number of thiophene rings is 1. The summed E-state index contributed by atoms with van der Waals surface area (Å²) in [6.07, 6.45) is 0. The molecule has 1 heterocycles. The molecule has 0 aliphatic heterocycles. The predicted octanol–water partition coefficient (Wildman–Crippen LogP) is 4.27. The van der Waals surface area contributed by atoms with E-state index in [-0.39, 0.29) is 37.7 Å². The van der Waals surface area contributed by atoms with Gasteiger partial charge in [-0.25, -0.2) is 13.2 Å². The van der Waals surface area contributed by atoms with Crippen LogP contribution in [0.4, 0.5) is 5.00 Å². The number of sulfonamides is 1. The van der Waals surface area contributed by atoms with Gasteiger partial charge in [-0.3, -0.25) is 4.79 Å². The molecule has 0 unspecified atom stereocenters. The highest BCUT2D eigenvalue weighted by Gasteiger charge is 2.26. The number of anilines is 1. The second kappa shape index (κ2) is 10.9. The zero-order valence-electron chi connectivity index (χ0n) is 19.6. The second-order valence-corrected chi connectivity index (χ2v) is 11.4. The van der Waals surface area contributed by atoms with Crippen LogP contribution in [0.5, 0.6) is 0 Å². The molecule has 178 valence electrons. The number of carbonyl (C=O) groups excluding carboxylic acids is 2. The van der Waals surface area contributed by atoms with Crippen molar-refractivity contribution in [3.8, 4) is 6.07 Å². The Kier molecular flexibility index (Phi) is 8.77. The maximum Gasteiger partial charge on any atom is 0.348 e. The molecule has 10 heteroatoms. The molecule has 0 saturated carbocycles. The lowest BCUT2D eigenvalue weighted by Crippen LogP contribution is -2.37. The van der Waals surface area contributed by atoms with Crippen LogP contribution in [0.3, 0.4) is 0 Å². The molecule has 0 fully saturated rings. The highest BCUT2D eigenvalue weighted by atomic mass is 32.2. The molecular formula is C23H29N3O5S2. The molecule has 0 spiro atoms. The predicted molar refractivity (Wildman–Crippen MR) is 128 cm³/mol. The summed E-state index contributed by atoms with van der Waals surface area (Å²) in [6, 6.07) is 7.67. The number of benzene rings is 1. The third-order valence-corrected chi connectivity index (χ3v) is 7.78. The lowest BCUT2D eigenvalue weighted by atomic mass is 10.1. The Hall–Kier alpha value is -2.74. The van der Waals surface area contributed by atoms with Gasteiger partial charge in [-0.1, -0.05) is 27.7 Å². The van der Waals surface area contributed by atoms with Crippen molar-refractivity contribution in [2.45, 2.75) is 39.5 Å². The van der Waals surface area contributed by atoms with Gasteiger partial charge in [0.05, 0.1) is 17.6 Å². The van der Waals surface area contributed by atoms with Gasteiger partial charge < -0.3 is 10.1 Å².